The van der Waals surface area contributed by atoms with Gasteiger partial charge in [0.15, 0.2) is 0 Å². The molecule has 2 aromatic heterocycles. The summed E-state index contributed by atoms with van der Waals surface area (Å²) in [5.41, 5.74) is 0.817. The van der Waals surface area contributed by atoms with Crippen LogP contribution in [0, 0.1) is 4.64 Å². The SMILES string of the molecule is S=c1[nH]cncc1-c1ccco1. The number of hydrogen-bond donors (Lipinski definition) is 1. The number of nitrogens with one attached hydrogen (secondary N) is 1. The predicted molar refractivity (Wildman–Crippen MR) is 47.1 cm³/mol. The van der Waals surface area contributed by atoms with Gasteiger partial charge < -0.3 is 9.40 Å². The Morgan fingerprint density at radius 3 is 3.08 bits per heavy atom. The molecule has 0 fully saturated rings. The molecule has 0 aliphatic heterocycles. The minimum absolute atomic E-state index is 0.639. The number of furan rings is 1. The van der Waals surface area contributed by atoms with Crippen molar-refractivity contribution in [2.45, 2.75) is 0 Å². The molecule has 1 N–H and O–H groups in total. The molecule has 0 saturated heterocycles. The van der Waals surface area contributed by atoms with Crippen LogP contribution in [-0.2, 0) is 0 Å². The summed E-state index contributed by atoms with van der Waals surface area (Å²) in [6, 6.07) is 3.66. The van der Waals surface area contributed by atoms with E-state index in [4.69, 9.17) is 16.6 Å². The van der Waals surface area contributed by atoms with Gasteiger partial charge in [-0.05, 0) is 12.1 Å². The summed E-state index contributed by atoms with van der Waals surface area (Å²) in [5.74, 6) is 0.740. The number of aromatic amines is 1. The van der Waals surface area contributed by atoms with Crippen molar-refractivity contribution in [3.05, 3.63) is 35.6 Å². The van der Waals surface area contributed by atoms with Gasteiger partial charge >= 0.3 is 0 Å². The molecule has 0 aliphatic carbocycles. The highest BCUT2D eigenvalue weighted by molar-refractivity contribution is 7.71. The molecule has 0 atom stereocenters. The molecule has 2 rings (SSSR count). The zero-order chi connectivity index (χ0) is 8.39. The second-order valence-electron chi connectivity index (χ2n) is 2.27. The number of nitrogens with zero attached hydrogens (tertiary/aromatic N) is 1. The summed E-state index contributed by atoms with van der Waals surface area (Å²) < 4.78 is 5.81. The molecule has 0 bridgehead atoms. The van der Waals surface area contributed by atoms with Gasteiger partial charge in [0.05, 0.1) is 18.2 Å². The Labute approximate surface area is 74.1 Å². The highest BCUT2D eigenvalue weighted by Crippen LogP contribution is 2.18. The van der Waals surface area contributed by atoms with Gasteiger partial charge in [-0.25, -0.2) is 4.98 Å². The van der Waals surface area contributed by atoms with E-state index in [1.54, 1.807) is 18.8 Å². The van der Waals surface area contributed by atoms with Crippen LogP contribution in [0.15, 0.2) is 35.3 Å². The van der Waals surface area contributed by atoms with Crippen LogP contribution in [0.4, 0.5) is 0 Å². The highest BCUT2D eigenvalue weighted by Gasteiger charge is 2.01. The Balaban J connectivity index is 2.63. The standard InChI is InChI=1S/C8H6N2OS/c12-8-6(4-9-5-10-8)7-2-1-3-11-7/h1-5H,(H,9,10,12). The lowest BCUT2D eigenvalue weighted by Gasteiger charge is -1.93. The van der Waals surface area contributed by atoms with Crippen molar-refractivity contribution in [3.8, 4) is 11.3 Å². The normalized spacial score (nSPS) is 10.0. The highest BCUT2D eigenvalue weighted by atomic mass is 32.1. The lowest BCUT2D eigenvalue weighted by molar-refractivity contribution is 0.581. The Morgan fingerprint density at radius 2 is 2.42 bits per heavy atom. The fourth-order valence-electron chi connectivity index (χ4n) is 0.951. The molecule has 0 radical (unpaired) electrons. The average Bonchev–Trinajstić information content (AvgIpc) is 2.57. The third-order valence-corrected chi connectivity index (χ3v) is 1.84. The van der Waals surface area contributed by atoms with Gasteiger partial charge in [0.1, 0.15) is 10.4 Å². The van der Waals surface area contributed by atoms with Crippen LogP contribution in [0.25, 0.3) is 11.3 Å². The monoisotopic (exact) mass is 178 g/mol. The smallest absolute Gasteiger partial charge is 0.138 e. The van der Waals surface area contributed by atoms with Crippen molar-refractivity contribution in [1.82, 2.24) is 9.97 Å². The summed E-state index contributed by atoms with van der Waals surface area (Å²) in [7, 11) is 0. The van der Waals surface area contributed by atoms with Crippen molar-refractivity contribution < 1.29 is 4.42 Å². The Hall–Kier alpha value is -1.42. The van der Waals surface area contributed by atoms with Gasteiger partial charge in [0.25, 0.3) is 0 Å². The van der Waals surface area contributed by atoms with Gasteiger partial charge in [-0.2, -0.15) is 0 Å². The van der Waals surface area contributed by atoms with Crippen LogP contribution in [0.3, 0.4) is 0 Å². The van der Waals surface area contributed by atoms with Crippen LogP contribution >= 0.6 is 12.2 Å². The average molecular weight is 178 g/mol. The molecule has 2 heterocycles. The van der Waals surface area contributed by atoms with E-state index in [1.807, 2.05) is 12.1 Å². The van der Waals surface area contributed by atoms with E-state index in [9.17, 15) is 0 Å². The molecular formula is C8H6N2OS. The Bertz CT molecular complexity index is 419. The van der Waals surface area contributed by atoms with Gasteiger partial charge in [0, 0.05) is 6.20 Å². The minimum atomic E-state index is 0.639. The van der Waals surface area contributed by atoms with E-state index in [0.717, 1.165) is 11.3 Å². The fourth-order valence-corrected chi connectivity index (χ4v) is 1.16. The van der Waals surface area contributed by atoms with E-state index in [1.165, 1.54) is 0 Å². The van der Waals surface area contributed by atoms with Crippen molar-refractivity contribution in [3.63, 3.8) is 0 Å². The second kappa shape index (κ2) is 2.91. The van der Waals surface area contributed by atoms with Gasteiger partial charge in [-0.3, -0.25) is 0 Å². The molecule has 0 unspecified atom stereocenters. The summed E-state index contributed by atoms with van der Waals surface area (Å²) in [4.78, 5) is 6.75. The molecule has 2 aromatic rings. The zero-order valence-electron chi connectivity index (χ0n) is 6.15. The first-order valence-electron chi connectivity index (χ1n) is 3.44. The molecule has 0 aromatic carbocycles. The van der Waals surface area contributed by atoms with Crippen LogP contribution in [0.5, 0.6) is 0 Å². The van der Waals surface area contributed by atoms with Crippen molar-refractivity contribution in [2.75, 3.05) is 0 Å². The molecular weight excluding hydrogens is 172 g/mol. The second-order valence-corrected chi connectivity index (χ2v) is 2.68. The number of aromatic nitrogens is 2. The van der Waals surface area contributed by atoms with Crippen molar-refractivity contribution in [2.24, 2.45) is 0 Å². The van der Waals surface area contributed by atoms with Crippen molar-refractivity contribution in [1.29, 1.82) is 0 Å². The van der Waals surface area contributed by atoms with Crippen LogP contribution in [0.2, 0.25) is 0 Å². The third kappa shape index (κ3) is 1.16. The number of H-pyrrole nitrogens is 1. The fraction of sp³-hybridized carbons (Fsp3) is 0. The maximum atomic E-state index is 5.17. The summed E-state index contributed by atoms with van der Waals surface area (Å²) in [5, 5.41) is 0. The van der Waals surface area contributed by atoms with E-state index >= 15 is 0 Å². The molecule has 0 saturated carbocycles. The first kappa shape index (κ1) is 7.24. The van der Waals surface area contributed by atoms with Crippen LogP contribution in [0.1, 0.15) is 0 Å². The molecule has 0 spiro atoms. The lowest BCUT2D eigenvalue weighted by atomic mass is 10.3. The summed E-state index contributed by atoms with van der Waals surface area (Å²) >= 11 is 5.04. The van der Waals surface area contributed by atoms with Crippen molar-refractivity contribution >= 4 is 12.2 Å². The molecule has 0 amide bonds. The lowest BCUT2D eigenvalue weighted by Crippen LogP contribution is -1.81. The van der Waals surface area contributed by atoms with E-state index in [-0.39, 0.29) is 0 Å². The Morgan fingerprint density at radius 1 is 1.50 bits per heavy atom. The summed E-state index contributed by atoms with van der Waals surface area (Å²) in [6.07, 6.45) is 4.84. The molecule has 12 heavy (non-hydrogen) atoms. The number of hydrogen-bond acceptors (Lipinski definition) is 3. The first-order valence-corrected chi connectivity index (χ1v) is 3.85. The van der Waals surface area contributed by atoms with Crippen LogP contribution in [-0.4, -0.2) is 9.97 Å². The quantitative estimate of drug-likeness (QED) is 0.682. The first-order chi connectivity index (χ1) is 5.88. The topological polar surface area (TPSA) is 41.8 Å². The van der Waals surface area contributed by atoms with E-state index in [2.05, 4.69) is 9.97 Å². The van der Waals surface area contributed by atoms with Gasteiger partial charge in [-0.1, -0.05) is 12.2 Å². The zero-order valence-corrected chi connectivity index (χ0v) is 6.97. The maximum absolute atomic E-state index is 5.17. The van der Waals surface area contributed by atoms with Gasteiger partial charge in [-0.15, -0.1) is 0 Å². The molecule has 4 heteroatoms. The van der Waals surface area contributed by atoms with Crippen LogP contribution < -0.4 is 0 Å². The minimum Gasteiger partial charge on any atom is -0.464 e. The van der Waals surface area contributed by atoms with E-state index in [0.29, 0.717) is 4.64 Å². The summed E-state index contributed by atoms with van der Waals surface area (Å²) in [6.45, 7) is 0. The van der Waals surface area contributed by atoms with E-state index < -0.39 is 0 Å². The van der Waals surface area contributed by atoms with Gasteiger partial charge in [0.2, 0.25) is 0 Å². The molecule has 0 aliphatic rings. The molecule has 3 nitrogen and oxygen atoms in total. The molecule has 60 valence electrons. The predicted octanol–water partition coefficient (Wildman–Crippen LogP) is 2.40. The largest absolute Gasteiger partial charge is 0.464 e. The number of rotatable bonds is 1. The third-order valence-electron chi connectivity index (χ3n) is 1.51. The maximum Gasteiger partial charge on any atom is 0.138 e. The Kier molecular flexibility index (Phi) is 1.75.